The van der Waals surface area contributed by atoms with Crippen molar-refractivity contribution in [3.05, 3.63) is 29.3 Å². The SMILES string of the molecule is CCOC(=O)NC1CCCN(C(=O)c2cc(S(C)(=O)=O)ccc2C)C1. The molecule has 0 radical (unpaired) electrons. The Morgan fingerprint density at radius 1 is 1.36 bits per heavy atom. The molecule has 1 unspecified atom stereocenters. The normalized spacial score (nSPS) is 17.9. The van der Waals surface area contributed by atoms with Crippen molar-refractivity contribution >= 4 is 21.8 Å². The second kappa shape index (κ2) is 7.86. The van der Waals surface area contributed by atoms with Crippen molar-refractivity contribution in [2.45, 2.75) is 37.6 Å². The lowest BCUT2D eigenvalue weighted by Gasteiger charge is -2.33. The monoisotopic (exact) mass is 368 g/mol. The molecule has 1 aromatic rings. The highest BCUT2D eigenvalue weighted by Gasteiger charge is 2.27. The van der Waals surface area contributed by atoms with Gasteiger partial charge in [0, 0.05) is 31.0 Å². The van der Waals surface area contributed by atoms with E-state index in [0.717, 1.165) is 24.7 Å². The van der Waals surface area contributed by atoms with Crippen LogP contribution in [0.1, 0.15) is 35.7 Å². The molecule has 1 fully saturated rings. The van der Waals surface area contributed by atoms with Crippen molar-refractivity contribution in [3.63, 3.8) is 0 Å². The molecule has 0 saturated carbocycles. The van der Waals surface area contributed by atoms with Crippen molar-refractivity contribution < 1.29 is 22.7 Å². The third-order valence-electron chi connectivity index (χ3n) is 4.17. The van der Waals surface area contributed by atoms with Crippen molar-refractivity contribution in [2.75, 3.05) is 26.0 Å². The summed E-state index contributed by atoms with van der Waals surface area (Å²) in [5, 5.41) is 2.76. The van der Waals surface area contributed by atoms with Gasteiger partial charge in [0.1, 0.15) is 0 Å². The summed E-state index contributed by atoms with van der Waals surface area (Å²) in [5.74, 6) is -0.224. The first-order chi connectivity index (χ1) is 11.7. The number of amides is 2. The Kier molecular flexibility index (Phi) is 6.05. The van der Waals surface area contributed by atoms with Crippen LogP contribution < -0.4 is 5.32 Å². The molecule has 1 atom stereocenters. The molecule has 7 nitrogen and oxygen atoms in total. The molecule has 1 aliphatic rings. The minimum atomic E-state index is -3.38. The maximum atomic E-state index is 12.8. The van der Waals surface area contributed by atoms with Crippen LogP contribution in [0.5, 0.6) is 0 Å². The molecule has 0 aromatic heterocycles. The van der Waals surface area contributed by atoms with Gasteiger partial charge in [-0.3, -0.25) is 4.79 Å². The fourth-order valence-electron chi connectivity index (χ4n) is 2.85. The van der Waals surface area contributed by atoms with Crippen LogP contribution in [0.3, 0.4) is 0 Å². The van der Waals surface area contributed by atoms with Crippen LogP contribution in [0.4, 0.5) is 4.79 Å². The number of aryl methyl sites for hydroxylation is 1. The summed E-state index contributed by atoms with van der Waals surface area (Å²) in [6, 6.07) is 4.40. The minimum absolute atomic E-state index is 0.125. The Balaban J connectivity index is 2.16. The standard InChI is InChI=1S/C17H24N2O5S/c1-4-24-17(21)18-13-6-5-9-19(11-13)16(20)15-10-14(25(3,22)23)8-7-12(15)2/h7-8,10,13H,4-6,9,11H2,1-3H3,(H,18,21). The largest absolute Gasteiger partial charge is 0.450 e. The lowest BCUT2D eigenvalue weighted by atomic mass is 10.0. The molecular weight excluding hydrogens is 344 g/mol. The summed E-state index contributed by atoms with van der Waals surface area (Å²) in [4.78, 5) is 26.2. The molecule has 1 saturated heterocycles. The Labute approximate surface area is 148 Å². The first-order valence-electron chi connectivity index (χ1n) is 8.25. The smallest absolute Gasteiger partial charge is 0.407 e. The minimum Gasteiger partial charge on any atom is -0.450 e. The van der Waals surface area contributed by atoms with E-state index in [1.165, 1.54) is 12.1 Å². The third kappa shape index (κ3) is 4.94. The lowest BCUT2D eigenvalue weighted by molar-refractivity contribution is 0.0685. The van der Waals surface area contributed by atoms with E-state index >= 15 is 0 Å². The van der Waals surface area contributed by atoms with Crippen molar-refractivity contribution in [1.82, 2.24) is 10.2 Å². The predicted octanol–water partition coefficient (Wildman–Crippen LogP) is 1.75. The van der Waals surface area contributed by atoms with Crippen molar-refractivity contribution in [1.29, 1.82) is 0 Å². The van der Waals surface area contributed by atoms with E-state index in [2.05, 4.69) is 5.32 Å². The second-order valence-electron chi connectivity index (χ2n) is 6.20. The van der Waals surface area contributed by atoms with Gasteiger partial charge in [0.25, 0.3) is 5.91 Å². The van der Waals surface area contributed by atoms with Crippen LogP contribution in [0.15, 0.2) is 23.1 Å². The van der Waals surface area contributed by atoms with Gasteiger partial charge in [-0.15, -0.1) is 0 Å². The number of ether oxygens (including phenoxy) is 1. The van der Waals surface area contributed by atoms with Crippen LogP contribution in [-0.4, -0.2) is 57.3 Å². The summed E-state index contributed by atoms with van der Waals surface area (Å²) in [7, 11) is -3.38. The number of hydrogen-bond acceptors (Lipinski definition) is 5. The number of piperidine rings is 1. The summed E-state index contributed by atoms with van der Waals surface area (Å²) in [6.07, 6.45) is 2.15. The number of nitrogens with one attached hydrogen (secondary N) is 1. The van der Waals surface area contributed by atoms with Gasteiger partial charge in [-0.25, -0.2) is 13.2 Å². The van der Waals surface area contributed by atoms with Gasteiger partial charge in [0.05, 0.1) is 11.5 Å². The highest BCUT2D eigenvalue weighted by Crippen LogP contribution is 2.20. The fraction of sp³-hybridized carbons (Fsp3) is 0.529. The molecule has 138 valence electrons. The van der Waals surface area contributed by atoms with Gasteiger partial charge < -0.3 is 15.0 Å². The number of carbonyl (C=O) groups is 2. The van der Waals surface area contributed by atoms with Crippen LogP contribution >= 0.6 is 0 Å². The van der Waals surface area contributed by atoms with Gasteiger partial charge in [-0.1, -0.05) is 6.07 Å². The average molecular weight is 368 g/mol. The molecule has 8 heteroatoms. The summed E-state index contributed by atoms with van der Waals surface area (Å²) in [5.41, 5.74) is 1.09. The van der Waals surface area contributed by atoms with E-state index in [1.807, 2.05) is 0 Å². The Bertz CT molecular complexity index is 760. The molecule has 1 aliphatic heterocycles. The Morgan fingerprint density at radius 3 is 2.72 bits per heavy atom. The van der Waals surface area contributed by atoms with Gasteiger partial charge >= 0.3 is 6.09 Å². The van der Waals surface area contributed by atoms with Gasteiger partial charge in [0.2, 0.25) is 0 Å². The molecule has 0 aliphatic carbocycles. The van der Waals surface area contributed by atoms with Crippen LogP contribution in [0, 0.1) is 6.92 Å². The van der Waals surface area contributed by atoms with E-state index in [1.54, 1.807) is 24.8 Å². The Hall–Kier alpha value is -2.09. The molecule has 1 aromatic carbocycles. The number of nitrogens with zero attached hydrogens (tertiary/aromatic N) is 1. The van der Waals surface area contributed by atoms with Crippen molar-refractivity contribution in [2.24, 2.45) is 0 Å². The topological polar surface area (TPSA) is 92.8 Å². The van der Waals surface area contributed by atoms with E-state index in [-0.39, 0.29) is 16.8 Å². The number of benzene rings is 1. The van der Waals surface area contributed by atoms with Gasteiger partial charge in [-0.2, -0.15) is 0 Å². The number of alkyl carbamates (subject to hydrolysis) is 1. The van der Waals surface area contributed by atoms with E-state index < -0.39 is 15.9 Å². The highest BCUT2D eigenvalue weighted by atomic mass is 32.2. The highest BCUT2D eigenvalue weighted by molar-refractivity contribution is 7.90. The Morgan fingerprint density at radius 2 is 2.08 bits per heavy atom. The zero-order valence-electron chi connectivity index (χ0n) is 14.7. The number of likely N-dealkylation sites (tertiary alicyclic amines) is 1. The van der Waals surface area contributed by atoms with Crippen LogP contribution in [0.2, 0.25) is 0 Å². The number of sulfone groups is 1. The number of rotatable bonds is 4. The molecule has 0 spiro atoms. The first-order valence-corrected chi connectivity index (χ1v) is 10.1. The van der Waals surface area contributed by atoms with E-state index in [9.17, 15) is 18.0 Å². The zero-order valence-corrected chi connectivity index (χ0v) is 15.6. The molecular formula is C17H24N2O5S. The molecule has 25 heavy (non-hydrogen) atoms. The molecule has 2 rings (SSSR count). The maximum absolute atomic E-state index is 12.8. The lowest BCUT2D eigenvalue weighted by Crippen LogP contribution is -2.49. The van der Waals surface area contributed by atoms with Crippen LogP contribution in [-0.2, 0) is 14.6 Å². The van der Waals surface area contributed by atoms with Crippen LogP contribution in [0.25, 0.3) is 0 Å². The summed E-state index contributed by atoms with van der Waals surface area (Å²) in [6.45, 7) is 4.74. The van der Waals surface area contributed by atoms with E-state index in [4.69, 9.17) is 4.74 Å². The number of hydrogen-bond donors (Lipinski definition) is 1. The first kappa shape index (κ1) is 19.2. The quantitative estimate of drug-likeness (QED) is 0.874. The zero-order chi connectivity index (χ0) is 18.6. The average Bonchev–Trinajstić information content (AvgIpc) is 2.54. The molecule has 1 heterocycles. The summed E-state index contributed by atoms with van der Waals surface area (Å²) < 4.78 is 28.4. The molecule has 2 amide bonds. The third-order valence-corrected chi connectivity index (χ3v) is 5.28. The van der Waals surface area contributed by atoms with E-state index in [0.29, 0.717) is 25.3 Å². The number of carbonyl (C=O) groups excluding carboxylic acids is 2. The molecule has 0 bridgehead atoms. The van der Waals surface area contributed by atoms with Crippen molar-refractivity contribution in [3.8, 4) is 0 Å². The van der Waals surface area contributed by atoms with Gasteiger partial charge in [0.15, 0.2) is 9.84 Å². The summed E-state index contributed by atoms with van der Waals surface area (Å²) >= 11 is 0. The second-order valence-corrected chi connectivity index (χ2v) is 8.22. The maximum Gasteiger partial charge on any atom is 0.407 e. The predicted molar refractivity (Wildman–Crippen MR) is 93.4 cm³/mol. The fourth-order valence-corrected chi connectivity index (χ4v) is 3.50. The molecule has 1 N–H and O–H groups in total. The van der Waals surface area contributed by atoms with Gasteiger partial charge in [-0.05, 0) is 44.4 Å².